The lowest BCUT2D eigenvalue weighted by Gasteiger charge is -2.31. The molecule has 1 heterocycles. The Bertz CT molecular complexity index is 372. The van der Waals surface area contributed by atoms with E-state index in [0.717, 1.165) is 25.1 Å². The number of halogens is 1. The zero-order valence-electron chi connectivity index (χ0n) is 8.09. The molecule has 0 saturated carbocycles. The average Bonchev–Trinajstić information content (AvgIpc) is 2.00. The van der Waals surface area contributed by atoms with Crippen LogP contribution in [0.5, 0.6) is 0 Å². The van der Waals surface area contributed by atoms with Crippen molar-refractivity contribution in [2.24, 2.45) is 0 Å². The van der Waals surface area contributed by atoms with Crippen LogP contribution in [0.1, 0.15) is 22.3 Å². The van der Waals surface area contributed by atoms with Crippen LogP contribution in [0.3, 0.4) is 0 Å². The highest BCUT2D eigenvalue weighted by Gasteiger charge is 2.23. The molecule has 1 saturated heterocycles. The van der Waals surface area contributed by atoms with Gasteiger partial charge in [0.1, 0.15) is 5.82 Å². The molecule has 0 radical (unpaired) electrons. The van der Waals surface area contributed by atoms with Gasteiger partial charge in [-0.25, -0.2) is 4.39 Å². The van der Waals surface area contributed by atoms with Crippen molar-refractivity contribution in [3.8, 4) is 0 Å². The number of carbonyl (C=O) groups excluding carboxylic acids is 1. The standard InChI is InChI=1S/C11H12FNO/c1-8-3-4-9(10(12)7-8)11(14)13-5-2-6-13/h3-4,7H,2,5-6H2,1H3. The van der Waals surface area contributed by atoms with E-state index in [2.05, 4.69) is 0 Å². The van der Waals surface area contributed by atoms with Crippen LogP contribution < -0.4 is 0 Å². The first-order valence-corrected chi connectivity index (χ1v) is 4.74. The van der Waals surface area contributed by atoms with Gasteiger partial charge in [0, 0.05) is 13.1 Å². The van der Waals surface area contributed by atoms with Crippen LogP contribution in [0.4, 0.5) is 4.39 Å². The largest absolute Gasteiger partial charge is 0.338 e. The SMILES string of the molecule is Cc1ccc(C(=O)N2CCC2)c(F)c1. The molecule has 2 rings (SSSR count). The van der Waals surface area contributed by atoms with Gasteiger partial charge in [0.15, 0.2) is 0 Å². The maximum Gasteiger partial charge on any atom is 0.256 e. The molecular formula is C11H12FNO. The number of amides is 1. The van der Waals surface area contributed by atoms with Crippen molar-refractivity contribution < 1.29 is 9.18 Å². The highest BCUT2D eigenvalue weighted by molar-refractivity contribution is 5.94. The number of hydrogen-bond acceptors (Lipinski definition) is 1. The summed E-state index contributed by atoms with van der Waals surface area (Å²) in [7, 11) is 0. The maximum absolute atomic E-state index is 13.4. The Labute approximate surface area is 82.3 Å². The van der Waals surface area contributed by atoms with Crippen molar-refractivity contribution >= 4 is 5.91 Å². The van der Waals surface area contributed by atoms with Crippen LogP contribution >= 0.6 is 0 Å². The Morgan fingerprint density at radius 1 is 1.43 bits per heavy atom. The summed E-state index contributed by atoms with van der Waals surface area (Å²) in [6.45, 7) is 3.32. The van der Waals surface area contributed by atoms with E-state index in [4.69, 9.17) is 0 Å². The van der Waals surface area contributed by atoms with Crippen molar-refractivity contribution in [3.63, 3.8) is 0 Å². The monoisotopic (exact) mass is 193 g/mol. The topological polar surface area (TPSA) is 20.3 Å². The fourth-order valence-corrected chi connectivity index (χ4v) is 1.48. The smallest absolute Gasteiger partial charge is 0.256 e. The second-order valence-electron chi connectivity index (χ2n) is 3.63. The summed E-state index contributed by atoms with van der Waals surface area (Å²) in [5.74, 6) is -0.601. The second-order valence-corrected chi connectivity index (χ2v) is 3.63. The number of rotatable bonds is 1. The summed E-state index contributed by atoms with van der Waals surface area (Å²) in [5, 5.41) is 0. The van der Waals surface area contributed by atoms with Gasteiger partial charge in [-0.2, -0.15) is 0 Å². The molecular weight excluding hydrogens is 181 g/mol. The Balaban J connectivity index is 2.26. The van der Waals surface area contributed by atoms with Gasteiger partial charge >= 0.3 is 0 Å². The van der Waals surface area contributed by atoms with Crippen LogP contribution in [-0.2, 0) is 0 Å². The summed E-state index contributed by atoms with van der Waals surface area (Å²) in [6.07, 6.45) is 1.03. The van der Waals surface area contributed by atoms with Crippen molar-refractivity contribution in [2.75, 3.05) is 13.1 Å². The predicted octanol–water partition coefficient (Wildman–Crippen LogP) is 1.98. The minimum atomic E-state index is -0.415. The normalized spacial score (nSPS) is 15.1. The molecule has 74 valence electrons. The maximum atomic E-state index is 13.4. The zero-order chi connectivity index (χ0) is 10.1. The van der Waals surface area contributed by atoms with Crippen molar-refractivity contribution in [3.05, 3.63) is 35.1 Å². The number of likely N-dealkylation sites (tertiary alicyclic amines) is 1. The molecule has 1 fully saturated rings. The molecule has 1 amide bonds. The van der Waals surface area contributed by atoms with Gasteiger partial charge in [0.05, 0.1) is 5.56 Å². The average molecular weight is 193 g/mol. The molecule has 1 aliphatic rings. The van der Waals surface area contributed by atoms with Crippen LogP contribution in [0.15, 0.2) is 18.2 Å². The first-order valence-electron chi connectivity index (χ1n) is 4.74. The number of carbonyl (C=O) groups is 1. The molecule has 1 aromatic rings. The van der Waals surface area contributed by atoms with Gasteiger partial charge in [0.25, 0.3) is 5.91 Å². The minimum absolute atomic E-state index is 0.186. The van der Waals surface area contributed by atoms with Crippen molar-refractivity contribution in [2.45, 2.75) is 13.3 Å². The molecule has 0 aliphatic carbocycles. The Kier molecular flexibility index (Phi) is 2.23. The van der Waals surface area contributed by atoms with Gasteiger partial charge in [0.2, 0.25) is 0 Å². The lowest BCUT2D eigenvalue weighted by Crippen LogP contribution is -2.42. The first-order chi connectivity index (χ1) is 6.68. The summed E-state index contributed by atoms with van der Waals surface area (Å²) >= 11 is 0. The molecule has 0 bridgehead atoms. The van der Waals surface area contributed by atoms with Gasteiger partial charge in [-0.15, -0.1) is 0 Å². The van der Waals surface area contributed by atoms with E-state index in [1.807, 2.05) is 0 Å². The van der Waals surface area contributed by atoms with Crippen molar-refractivity contribution in [1.29, 1.82) is 0 Å². The van der Waals surface area contributed by atoms with E-state index in [9.17, 15) is 9.18 Å². The summed E-state index contributed by atoms with van der Waals surface area (Å²) < 4.78 is 13.4. The van der Waals surface area contributed by atoms with E-state index in [-0.39, 0.29) is 11.5 Å². The third-order valence-electron chi connectivity index (χ3n) is 2.50. The fraction of sp³-hybridized carbons (Fsp3) is 0.364. The van der Waals surface area contributed by atoms with Gasteiger partial charge in [-0.1, -0.05) is 6.07 Å². The van der Waals surface area contributed by atoms with E-state index >= 15 is 0 Å². The Morgan fingerprint density at radius 2 is 2.14 bits per heavy atom. The summed E-state index contributed by atoms with van der Waals surface area (Å²) in [4.78, 5) is 13.3. The van der Waals surface area contributed by atoms with E-state index in [1.54, 1.807) is 24.0 Å². The lowest BCUT2D eigenvalue weighted by atomic mass is 10.1. The van der Waals surface area contributed by atoms with Gasteiger partial charge in [-0.3, -0.25) is 4.79 Å². The van der Waals surface area contributed by atoms with E-state index < -0.39 is 5.82 Å². The number of nitrogens with zero attached hydrogens (tertiary/aromatic N) is 1. The second kappa shape index (κ2) is 3.40. The van der Waals surface area contributed by atoms with Crippen LogP contribution in [0.25, 0.3) is 0 Å². The van der Waals surface area contributed by atoms with Crippen LogP contribution in [-0.4, -0.2) is 23.9 Å². The fourth-order valence-electron chi connectivity index (χ4n) is 1.48. The third kappa shape index (κ3) is 1.50. The molecule has 1 aromatic carbocycles. The predicted molar refractivity (Wildman–Crippen MR) is 51.7 cm³/mol. The van der Waals surface area contributed by atoms with Crippen LogP contribution in [0, 0.1) is 12.7 Å². The summed E-state index contributed by atoms with van der Waals surface area (Å²) in [5.41, 5.74) is 1.03. The van der Waals surface area contributed by atoms with Gasteiger partial charge in [-0.05, 0) is 31.0 Å². The molecule has 0 spiro atoms. The first kappa shape index (κ1) is 9.19. The van der Waals surface area contributed by atoms with Crippen LogP contribution in [0.2, 0.25) is 0 Å². The highest BCUT2D eigenvalue weighted by atomic mass is 19.1. The highest BCUT2D eigenvalue weighted by Crippen LogP contribution is 2.16. The molecule has 3 heteroatoms. The Morgan fingerprint density at radius 3 is 2.64 bits per heavy atom. The quantitative estimate of drug-likeness (QED) is 0.667. The zero-order valence-corrected chi connectivity index (χ0v) is 8.09. The van der Waals surface area contributed by atoms with E-state index in [0.29, 0.717) is 0 Å². The molecule has 0 atom stereocenters. The third-order valence-corrected chi connectivity index (χ3v) is 2.50. The molecule has 0 N–H and O–H groups in total. The minimum Gasteiger partial charge on any atom is -0.338 e. The number of hydrogen-bond donors (Lipinski definition) is 0. The number of aryl methyl sites for hydroxylation is 1. The Hall–Kier alpha value is -1.38. The molecule has 1 aliphatic heterocycles. The van der Waals surface area contributed by atoms with Crippen molar-refractivity contribution in [1.82, 2.24) is 4.90 Å². The van der Waals surface area contributed by atoms with Gasteiger partial charge < -0.3 is 4.90 Å². The molecule has 0 unspecified atom stereocenters. The summed E-state index contributed by atoms with van der Waals surface area (Å²) in [6, 6.07) is 4.72. The molecule has 0 aromatic heterocycles. The molecule has 2 nitrogen and oxygen atoms in total. The van der Waals surface area contributed by atoms with E-state index in [1.165, 1.54) is 6.07 Å². The number of benzene rings is 1. The molecule has 14 heavy (non-hydrogen) atoms. The lowest BCUT2D eigenvalue weighted by molar-refractivity contribution is 0.0647.